The molecule has 108 valence electrons. The lowest BCUT2D eigenvalue weighted by atomic mass is 10.3. The molecule has 0 aliphatic heterocycles. The van der Waals surface area contributed by atoms with Crippen LogP contribution in [0.1, 0.15) is 12.6 Å². The molecule has 8 heteroatoms. The van der Waals surface area contributed by atoms with E-state index >= 15 is 0 Å². The summed E-state index contributed by atoms with van der Waals surface area (Å²) in [4.78, 5) is 20.8. The van der Waals surface area contributed by atoms with E-state index in [0.29, 0.717) is 11.3 Å². The van der Waals surface area contributed by atoms with Crippen LogP contribution in [0.2, 0.25) is 0 Å². The van der Waals surface area contributed by atoms with Gasteiger partial charge in [0.2, 0.25) is 5.71 Å². The standard InChI is InChI=1S/C12H12BrN3O3.BrH/c1-3-19-12(17)11(15-18-2)9-7-16-6-8(13)4-5-10(16)14-9;/h4-7H,3H2,1-2H3;1H/b15-11-;. The molecule has 6 nitrogen and oxygen atoms in total. The molecular formula is C12H13Br2N3O3. The summed E-state index contributed by atoms with van der Waals surface area (Å²) in [7, 11) is 1.37. The van der Waals surface area contributed by atoms with E-state index in [1.165, 1.54) is 7.11 Å². The van der Waals surface area contributed by atoms with Gasteiger partial charge in [-0.2, -0.15) is 0 Å². The van der Waals surface area contributed by atoms with Gasteiger partial charge in [0.15, 0.2) is 0 Å². The maximum atomic E-state index is 11.8. The Bertz CT molecular complexity index is 640. The number of esters is 1. The topological polar surface area (TPSA) is 65.2 Å². The molecule has 2 aromatic rings. The van der Waals surface area contributed by atoms with E-state index < -0.39 is 5.97 Å². The number of aromatic nitrogens is 2. The fourth-order valence-electron chi connectivity index (χ4n) is 1.56. The Hall–Kier alpha value is -1.41. The molecule has 2 aromatic heterocycles. The first-order chi connectivity index (χ1) is 9.15. The van der Waals surface area contributed by atoms with Crippen LogP contribution in [0.3, 0.4) is 0 Å². The number of ether oxygens (including phenoxy) is 1. The number of nitrogens with zero attached hydrogens (tertiary/aromatic N) is 3. The number of fused-ring (bicyclic) bond motifs is 1. The first-order valence-electron chi connectivity index (χ1n) is 5.58. The van der Waals surface area contributed by atoms with Gasteiger partial charge in [-0.15, -0.1) is 17.0 Å². The van der Waals surface area contributed by atoms with Gasteiger partial charge in [-0.3, -0.25) is 0 Å². The molecule has 0 unspecified atom stereocenters. The van der Waals surface area contributed by atoms with Gasteiger partial charge in [-0.1, -0.05) is 5.16 Å². The SMILES string of the molecule is Br.CCOC(=O)/C(=N\OC)c1cn2cc(Br)ccc2n1. The van der Waals surface area contributed by atoms with Crippen molar-refractivity contribution in [2.45, 2.75) is 6.92 Å². The number of carbonyl (C=O) groups is 1. The van der Waals surface area contributed by atoms with Crippen molar-refractivity contribution in [1.82, 2.24) is 9.38 Å². The van der Waals surface area contributed by atoms with Crippen molar-refractivity contribution in [3.8, 4) is 0 Å². The molecule has 0 aliphatic carbocycles. The Morgan fingerprint density at radius 1 is 1.45 bits per heavy atom. The molecule has 0 N–H and O–H groups in total. The van der Waals surface area contributed by atoms with Crippen molar-refractivity contribution in [3.05, 3.63) is 34.7 Å². The number of imidazole rings is 1. The van der Waals surface area contributed by atoms with Crippen LogP contribution in [0.4, 0.5) is 0 Å². The molecular weight excluding hydrogens is 394 g/mol. The van der Waals surface area contributed by atoms with E-state index in [1.807, 2.05) is 18.3 Å². The quantitative estimate of drug-likeness (QED) is 0.444. The van der Waals surface area contributed by atoms with Gasteiger partial charge in [0.1, 0.15) is 18.5 Å². The van der Waals surface area contributed by atoms with Crippen molar-refractivity contribution in [2.75, 3.05) is 13.7 Å². The average Bonchev–Trinajstić information content (AvgIpc) is 2.78. The molecule has 0 spiro atoms. The summed E-state index contributed by atoms with van der Waals surface area (Å²) >= 11 is 3.37. The van der Waals surface area contributed by atoms with Crippen LogP contribution in [0.5, 0.6) is 0 Å². The van der Waals surface area contributed by atoms with Crippen LogP contribution in [-0.4, -0.2) is 34.8 Å². The average molecular weight is 407 g/mol. The minimum Gasteiger partial charge on any atom is -0.461 e. The normalized spacial score (nSPS) is 11.1. The second-order valence-corrected chi connectivity index (χ2v) is 4.50. The van der Waals surface area contributed by atoms with Gasteiger partial charge in [-0.05, 0) is 35.0 Å². The first-order valence-corrected chi connectivity index (χ1v) is 6.38. The lowest BCUT2D eigenvalue weighted by Gasteiger charge is -2.01. The molecule has 0 bridgehead atoms. The van der Waals surface area contributed by atoms with Gasteiger partial charge in [-0.25, -0.2) is 9.78 Å². The van der Waals surface area contributed by atoms with Crippen molar-refractivity contribution in [3.63, 3.8) is 0 Å². The third-order valence-electron chi connectivity index (χ3n) is 2.31. The highest BCUT2D eigenvalue weighted by Crippen LogP contribution is 2.13. The fourth-order valence-corrected chi connectivity index (χ4v) is 1.91. The highest BCUT2D eigenvalue weighted by Gasteiger charge is 2.19. The maximum Gasteiger partial charge on any atom is 0.362 e. The Balaban J connectivity index is 0.00000200. The molecule has 0 fully saturated rings. The zero-order chi connectivity index (χ0) is 13.8. The highest BCUT2D eigenvalue weighted by molar-refractivity contribution is 9.10. The zero-order valence-electron chi connectivity index (χ0n) is 10.9. The number of rotatable bonds is 4. The summed E-state index contributed by atoms with van der Waals surface area (Å²) in [6.45, 7) is 1.99. The second-order valence-electron chi connectivity index (χ2n) is 3.58. The van der Waals surface area contributed by atoms with Crippen molar-refractivity contribution in [2.24, 2.45) is 5.16 Å². The number of hydrogen-bond donors (Lipinski definition) is 0. The van der Waals surface area contributed by atoms with Crippen molar-refractivity contribution in [1.29, 1.82) is 0 Å². The van der Waals surface area contributed by atoms with E-state index in [1.54, 1.807) is 17.5 Å². The molecule has 0 aliphatic rings. The van der Waals surface area contributed by atoms with Crippen LogP contribution in [0.15, 0.2) is 34.2 Å². The van der Waals surface area contributed by atoms with E-state index in [0.717, 1.165) is 4.47 Å². The summed E-state index contributed by atoms with van der Waals surface area (Å²) in [5.41, 5.74) is 1.15. The van der Waals surface area contributed by atoms with Gasteiger partial charge < -0.3 is 14.0 Å². The highest BCUT2D eigenvalue weighted by atomic mass is 79.9. The van der Waals surface area contributed by atoms with Crippen molar-refractivity contribution < 1.29 is 14.4 Å². The molecule has 2 rings (SSSR count). The van der Waals surface area contributed by atoms with Crippen LogP contribution < -0.4 is 0 Å². The summed E-state index contributed by atoms with van der Waals surface area (Å²) in [6, 6.07) is 3.69. The summed E-state index contributed by atoms with van der Waals surface area (Å²) in [5.74, 6) is -0.563. The summed E-state index contributed by atoms with van der Waals surface area (Å²) in [5, 5.41) is 3.69. The molecule has 0 saturated carbocycles. The van der Waals surface area contributed by atoms with Crippen LogP contribution in [-0.2, 0) is 14.4 Å². The smallest absolute Gasteiger partial charge is 0.362 e. The van der Waals surface area contributed by atoms with E-state index in [-0.39, 0.29) is 29.3 Å². The van der Waals surface area contributed by atoms with E-state index in [2.05, 4.69) is 30.9 Å². The number of halogens is 2. The third kappa shape index (κ3) is 3.57. The van der Waals surface area contributed by atoms with Crippen molar-refractivity contribution >= 4 is 50.2 Å². The predicted octanol–water partition coefficient (Wildman–Crippen LogP) is 2.59. The van der Waals surface area contributed by atoms with Gasteiger partial charge in [0, 0.05) is 16.9 Å². The third-order valence-corrected chi connectivity index (χ3v) is 2.78. The second kappa shape index (κ2) is 7.39. The minimum atomic E-state index is -0.563. The Morgan fingerprint density at radius 3 is 2.85 bits per heavy atom. The lowest BCUT2D eigenvalue weighted by molar-refractivity contribution is -0.135. The number of hydrogen-bond acceptors (Lipinski definition) is 5. The molecule has 0 aromatic carbocycles. The van der Waals surface area contributed by atoms with E-state index in [9.17, 15) is 4.79 Å². The molecule has 0 atom stereocenters. The number of oxime groups is 1. The lowest BCUT2D eigenvalue weighted by Crippen LogP contribution is -2.19. The predicted molar refractivity (Wildman–Crippen MR) is 83.4 cm³/mol. The first kappa shape index (κ1) is 16.6. The monoisotopic (exact) mass is 405 g/mol. The van der Waals surface area contributed by atoms with Crippen LogP contribution in [0, 0.1) is 0 Å². The Kier molecular flexibility index (Phi) is 6.15. The van der Waals surface area contributed by atoms with E-state index in [4.69, 9.17) is 4.74 Å². The van der Waals surface area contributed by atoms with Crippen LogP contribution >= 0.6 is 32.9 Å². The molecule has 0 amide bonds. The maximum absolute atomic E-state index is 11.8. The largest absolute Gasteiger partial charge is 0.461 e. The van der Waals surface area contributed by atoms with Crippen LogP contribution in [0.25, 0.3) is 5.65 Å². The van der Waals surface area contributed by atoms with Gasteiger partial charge >= 0.3 is 5.97 Å². The van der Waals surface area contributed by atoms with Gasteiger partial charge in [0.05, 0.1) is 6.61 Å². The Labute approximate surface area is 134 Å². The molecule has 0 radical (unpaired) electrons. The summed E-state index contributed by atoms with van der Waals surface area (Å²) in [6.07, 6.45) is 3.52. The number of pyridine rings is 1. The fraction of sp³-hybridized carbons (Fsp3) is 0.250. The minimum absolute atomic E-state index is 0. The Morgan fingerprint density at radius 2 is 2.20 bits per heavy atom. The molecule has 20 heavy (non-hydrogen) atoms. The zero-order valence-corrected chi connectivity index (χ0v) is 14.2. The summed E-state index contributed by atoms with van der Waals surface area (Å²) < 4.78 is 7.61. The van der Waals surface area contributed by atoms with Gasteiger partial charge in [0.25, 0.3) is 0 Å². The number of carbonyl (C=O) groups excluding carboxylic acids is 1. The molecule has 0 saturated heterocycles. The molecule has 2 heterocycles.